The molecule has 6 nitrogen and oxygen atoms in total. The Morgan fingerprint density at radius 2 is 2.12 bits per heavy atom. The van der Waals surface area contributed by atoms with E-state index in [-0.39, 0.29) is 0 Å². The number of aryl methyl sites for hydroxylation is 2. The summed E-state index contributed by atoms with van der Waals surface area (Å²) >= 11 is 0. The lowest BCUT2D eigenvalue weighted by Gasteiger charge is -2.10. The Morgan fingerprint density at radius 3 is 2.71 bits per heavy atom. The fourth-order valence-corrected chi connectivity index (χ4v) is 1.59. The lowest BCUT2D eigenvalue weighted by Crippen LogP contribution is -2.15. The summed E-state index contributed by atoms with van der Waals surface area (Å²) < 4.78 is 7.07. The molecule has 17 heavy (non-hydrogen) atoms. The van der Waals surface area contributed by atoms with Crippen molar-refractivity contribution in [2.75, 3.05) is 5.32 Å². The summed E-state index contributed by atoms with van der Waals surface area (Å²) in [6.07, 6.45) is 1.96. The first kappa shape index (κ1) is 11.6. The minimum atomic E-state index is 0.333. The van der Waals surface area contributed by atoms with Crippen molar-refractivity contribution in [3.63, 3.8) is 0 Å². The number of imidazole rings is 1. The second kappa shape index (κ2) is 4.57. The van der Waals surface area contributed by atoms with Gasteiger partial charge in [0, 0.05) is 12.2 Å². The Hall–Kier alpha value is -1.85. The van der Waals surface area contributed by atoms with Crippen molar-refractivity contribution in [2.24, 2.45) is 0 Å². The Balaban J connectivity index is 2.19. The fraction of sp³-hybridized carbons (Fsp3) is 0.545. The van der Waals surface area contributed by atoms with E-state index in [1.807, 2.05) is 17.7 Å². The number of rotatable bonds is 4. The number of hydrogen-bond donors (Lipinski definition) is 1. The van der Waals surface area contributed by atoms with Crippen LogP contribution in [-0.2, 0) is 6.54 Å². The van der Waals surface area contributed by atoms with Gasteiger partial charge in [-0.05, 0) is 27.7 Å². The molecular formula is C11H17N5O. The first-order valence-corrected chi connectivity index (χ1v) is 5.64. The summed E-state index contributed by atoms with van der Waals surface area (Å²) in [7, 11) is 0. The molecule has 6 heteroatoms. The number of aromatic nitrogens is 4. The van der Waals surface area contributed by atoms with Crippen LogP contribution >= 0.6 is 0 Å². The topological polar surface area (TPSA) is 68.8 Å². The molecule has 0 aromatic carbocycles. The molecule has 2 aromatic rings. The van der Waals surface area contributed by atoms with Gasteiger partial charge in [0.2, 0.25) is 11.8 Å². The third-order valence-electron chi connectivity index (χ3n) is 2.19. The molecule has 0 aliphatic heterocycles. The monoisotopic (exact) mass is 235 g/mol. The van der Waals surface area contributed by atoms with Gasteiger partial charge in [-0.25, -0.2) is 4.98 Å². The molecule has 0 amide bonds. The molecular weight excluding hydrogens is 218 g/mol. The van der Waals surface area contributed by atoms with E-state index in [0.717, 1.165) is 11.6 Å². The van der Waals surface area contributed by atoms with Crippen LogP contribution in [0.15, 0.2) is 10.7 Å². The number of anilines is 1. The van der Waals surface area contributed by atoms with Gasteiger partial charge in [0.25, 0.3) is 0 Å². The lowest BCUT2D eigenvalue weighted by atomic mass is 10.4. The van der Waals surface area contributed by atoms with Gasteiger partial charge in [-0.3, -0.25) is 0 Å². The minimum Gasteiger partial charge on any atom is -0.353 e. The zero-order valence-corrected chi connectivity index (χ0v) is 10.6. The Labute approximate surface area is 100 Å². The van der Waals surface area contributed by atoms with E-state index >= 15 is 0 Å². The summed E-state index contributed by atoms with van der Waals surface area (Å²) in [5, 5.41) is 7.05. The number of nitrogens with one attached hydrogen (secondary N) is 1. The molecule has 0 spiro atoms. The molecule has 0 bridgehead atoms. The van der Waals surface area contributed by atoms with Crippen molar-refractivity contribution in [1.82, 2.24) is 19.7 Å². The molecule has 0 unspecified atom stereocenters. The molecule has 0 fully saturated rings. The quantitative estimate of drug-likeness (QED) is 0.874. The predicted molar refractivity (Wildman–Crippen MR) is 63.9 cm³/mol. The Kier molecular flexibility index (Phi) is 3.12. The summed E-state index contributed by atoms with van der Waals surface area (Å²) in [6, 6.07) is 0.333. The highest BCUT2D eigenvalue weighted by atomic mass is 16.5. The molecule has 0 atom stereocenters. The van der Waals surface area contributed by atoms with E-state index in [9.17, 15) is 0 Å². The molecule has 2 heterocycles. The van der Waals surface area contributed by atoms with Gasteiger partial charge in [-0.2, -0.15) is 4.98 Å². The van der Waals surface area contributed by atoms with E-state index < -0.39 is 0 Å². The maximum absolute atomic E-state index is 5.10. The zero-order chi connectivity index (χ0) is 12.4. The third kappa shape index (κ3) is 2.83. The van der Waals surface area contributed by atoms with Crippen LogP contribution in [0.25, 0.3) is 0 Å². The van der Waals surface area contributed by atoms with Gasteiger partial charge >= 0.3 is 0 Å². The van der Waals surface area contributed by atoms with Crippen LogP contribution in [0.5, 0.6) is 0 Å². The van der Waals surface area contributed by atoms with Gasteiger partial charge in [0.15, 0.2) is 5.82 Å². The Bertz CT molecular complexity index is 500. The standard InChI is InChI=1S/C11H17N5O/c1-7(2)12-11-13-8(3)5-16(11)6-10-14-9(4)15-17-10/h5,7H,6H2,1-4H3,(H,12,13). The van der Waals surface area contributed by atoms with Gasteiger partial charge in [0.05, 0.1) is 5.69 Å². The van der Waals surface area contributed by atoms with E-state index in [0.29, 0.717) is 24.3 Å². The maximum atomic E-state index is 5.10. The highest BCUT2D eigenvalue weighted by molar-refractivity contribution is 5.30. The summed E-state index contributed by atoms with van der Waals surface area (Å²) in [4.78, 5) is 8.60. The van der Waals surface area contributed by atoms with Crippen molar-refractivity contribution < 1.29 is 4.52 Å². The van der Waals surface area contributed by atoms with Gasteiger partial charge in [0.1, 0.15) is 6.54 Å². The van der Waals surface area contributed by atoms with Gasteiger partial charge in [-0.15, -0.1) is 0 Å². The first-order chi connectivity index (χ1) is 8.04. The lowest BCUT2D eigenvalue weighted by molar-refractivity contribution is 0.368. The van der Waals surface area contributed by atoms with Crippen LogP contribution in [0.1, 0.15) is 31.3 Å². The number of nitrogens with zero attached hydrogens (tertiary/aromatic N) is 4. The first-order valence-electron chi connectivity index (χ1n) is 5.64. The summed E-state index contributed by atoms with van der Waals surface area (Å²) in [5.74, 6) is 2.07. The molecule has 0 aliphatic carbocycles. The molecule has 92 valence electrons. The van der Waals surface area contributed by atoms with Crippen molar-refractivity contribution in [1.29, 1.82) is 0 Å². The summed E-state index contributed by atoms with van der Waals surface area (Å²) in [6.45, 7) is 8.45. The zero-order valence-electron chi connectivity index (χ0n) is 10.6. The van der Waals surface area contributed by atoms with E-state index in [1.165, 1.54) is 0 Å². The van der Waals surface area contributed by atoms with Gasteiger partial charge < -0.3 is 14.4 Å². The molecule has 0 radical (unpaired) electrons. The van der Waals surface area contributed by atoms with Crippen LogP contribution in [0.4, 0.5) is 5.95 Å². The SMILES string of the molecule is Cc1cn(Cc2nc(C)no2)c(NC(C)C)n1. The fourth-order valence-electron chi connectivity index (χ4n) is 1.59. The maximum Gasteiger partial charge on any atom is 0.246 e. The van der Waals surface area contributed by atoms with Crippen LogP contribution in [0, 0.1) is 13.8 Å². The molecule has 0 aliphatic rings. The van der Waals surface area contributed by atoms with Crippen molar-refractivity contribution in [3.8, 4) is 0 Å². The van der Waals surface area contributed by atoms with Crippen LogP contribution in [-0.4, -0.2) is 25.7 Å². The van der Waals surface area contributed by atoms with E-state index in [4.69, 9.17) is 4.52 Å². The largest absolute Gasteiger partial charge is 0.353 e. The van der Waals surface area contributed by atoms with Crippen molar-refractivity contribution in [2.45, 2.75) is 40.3 Å². The molecule has 2 aromatic heterocycles. The predicted octanol–water partition coefficient (Wildman–Crippen LogP) is 1.75. The average Bonchev–Trinajstić information content (AvgIpc) is 2.74. The average molecular weight is 235 g/mol. The highest BCUT2D eigenvalue weighted by Gasteiger charge is 2.10. The smallest absolute Gasteiger partial charge is 0.246 e. The van der Waals surface area contributed by atoms with Gasteiger partial charge in [-0.1, -0.05) is 5.16 Å². The van der Waals surface area contributed by atoms with E-state index in [2.05, 4.69) is 34.3 Å². The molecule has 2 rings (SSSR count). The third-order valence-corrected chi connectivity index (χ3v) is 2.19. The van der Waals surface area contributed by atoms with Crippen LogP contribution < -0.4 is 5.32 Å². The van der Waals surface area contributed by atoms with E-state index in [1.54, 1.807) is 6.92 Å². The Morgan fingerprint density at radius 1 is 1.35 bits per heavy atom. The second-order valence-corrected chi connectivity index (χ2v) is 4.37. The van der Waals surface area contributed by atoms with Crippen molar-refractivity contribution >= 4 is 5.95 Å². The molecule has 1 N–H and O–H groups in total. The molecule has 0 saturated heterocycles. The second-order valence-electron chi connectivity index (χ2n) is 4.37. The normalized spacial score (nSPS) is 11.1. The summed E-state index contributed by atoms with van der Waals surface area (Å²) in [5.41, 5.74) is 0.962. The minimum absolute atomic E-state index is 0.333. The van der Waals surface area contributed by atoms with Crippen LogP contribution in [0.3, 0.4) is 0 Å². The highest BCUT2D eigenvalue weighted by Crippen LogP contribution is 2.12. The van der Waals surface area contributed by atoms with Crippen molar-refractivity contribution in [3.05, 3.63) is 23.6 Å². The molecule has 0 saturated carbocycles. The van der Waals surface area contributed by atoms with Crippen LogP contribution in [0.2, 0.25) is 0 Å². The number of hydrogen-bond acceptors (Lipinski definition) is 5.